The summed E-state index contributed by atoms with van der Waals surface area (Å²) in [5.74, 6) is -0.113. The van der Waals surface area contributed by atoms with Gasteiger partial charge in [-0.3, -0.25) is 0 Å². The highest BCUT2D eigenvalue weighted by Gasteiger charge is 2.14. The number of aryl methyl sites for hydroxylation is 1. The lowest BCUT2D eigenvalue weighted by Crippen LogP contribution is -2.06. The zero-order valence-corrected chi connectivity index (χ0v) is 11.0. The van der Waals surface area contributed by atoms with Crippen molar-refractivity contribution >= 4 is 11.8 Å². The van der Waals surface area contributed by atoms with Crippen molar-refractivity contribution < 1.29 is 9.53 Å². The number of rotatable bonds is 3. The molecule has 4 heteroatoms. The summed E-state index contributed by atoms with van der Waals surface area (Å²) >= 11 is 0. The summed E-state index contributed by atoms with van der Waals surface area (Å²) < 4.78 is 4.78. The number of hydrogen-bond donors (Lipinski definition) is 1. The first-order valence-corrected chi connectivity index (χ1v) is 6.09. The molecule has 4 nitrogen and oxygen atoms in total. The normalized spacial score (nSPS) is 10.2. The first-order chi connectivity index (χ1) is 9.15. The number of nitrogens with two attached hydrogens (primary N) is 1. The van der Waals surface area contributed by atoms with Crippen LogP contribution in [0.5, 0.6) is 0 Å². The number of carbonyl (C=O) groups excluding carboxylic acids is 1. The lowest BCUT2D eigenvalue weighted by molar-refractivity contribution is 0.0601. The van der Waals surface area contributed by atoms with Gasteiger partial charge in [0.05, 0.1) is 12.7 Å². The van der Waals surface area contributed by atoms with Gasteiger partial charge in [0.2, 0.25) is 0 Å². The average molecular weight is 256 g/mol. The average Bonchev–Trinajstić information content (AvgIpc) is 2.46. The molecule has 19 heavy (non-hydrogen) atoms. The highest BCUT2D eigenvalue weighted by Crippen LogP contribution is 2.25. The largest absolute Gasteiger partial charge is 0.465 e. The maximum Gasteiger partial charge on any atom is 0.338 e. The Kier molecular flexibility index (Phi) is 3.80. The van der Waals surface area contributed by atoms with Crippen LogP contribution in [0.3, 0.4) is 0 Å². The minimum atomic E-state index is -0.413. The molecule has 1 aromatic carbocycles. The van der Waals surface area contributed by atoms with Crippen LogP contribution in [-0.4, -0.2) is 18.1 Å². The van der Waals surface area contributed by atoms with E-state index in [1.807, 2.05) is 24.3 Å². The van der Waals surface area contributed by atoms with Crippen LogP contribution in [0.2, 0.25) is 0 Å². The van der Waals surface area contributed by atoms with Gasteiger partial charge in [-0.2, -0.15) is 0 Å². The highest BCUT2D eigenvalue weighted by atomic mass is 16.5. The Bertz CT molecular complexity index is 592. The summed E-state index contributed by atoms with van der Waals surface area (Å²) in [5.41, 5.74) is 8.94. The predicted molar refractivity (Wildman–Crippen MR) is 74.8 cm³/mol. The van der Waals surface area contributed by atoms with Gasteiger partial charge in [-0.25, -0.2) is 9.78 Å². The van der Waals surface area contributed by atoms with Crippen molar-refractivity contribution in [3.63, 3.8) is 0 Å². The highest BCUT2D eigenvalue weighted by molar-refractivity contribution is 5.97. The number of anilines is 1. The Labute approximate surface area is 112 Å². The molecule has 0 saturated heterocycles. The Morgan fingerprint density at radius 2 is 2.00 bits per heavy atom. The van der Waals surface area contributed by atoms with E-state index < -0.39 is 5.97 Å². The molecule has 0 amide bonds. The van der Waals surface area contributed by atoms with E-state index in [-0.39, 0.29) is 0 Å². The summed E-state index contributed by atoms with van der Waals surface area (Å²) in [7, 11) is 1.35. The standard InChI is InChI=1S/C15H16N2O2/c1-3-10-4-6-11(7-5-10)13-9-17-14(16)8-12(13)15(18)19-2/h4-9H,3H2,1-2H3,(H2,16,17). The van der Waals surface area contributed by atoms with Crippen LogP contribution in [0.15, 0.2) is 36.5 Å². The molecule has 2 N–H and O–H groups in total. The van der Waals surface area contributed by atoms with E-state index in [2.05, 4.69) is 11.9 Å². The maximum absolute atomic E-state index is 11.8. The van der Waals surface area contributed by atoms with E-state index >= 15 is 0 Å². The minimum Gasteiger partial charge on any atom is -0.465 e. The second kappa shape index (κ2) is 5.52. The van der Waals surface area contributed by atoms with Crippen molar-refractivity contribution in [2.45, 2.75) is 13.3 Å². The third kappa shape index (κ3) is 2.73. The topological polar surface area (TPSA) is 65.2 Å². The van der Waals surface area contributed by atoms with Crippen LogP contribution in [0.1, 0.15) is 22.8 Å². The fraction of sp³-hybridized carbons (Fsp3) is 0.200. The molecule has 0 fully saturated rings. The number of nitrogens with zero attached hydrogens (tertiary/aromatic N) is 1. The molecule has 98 valence electrons. The first kappa shape index (κ1) is 13.1. The SMILES string of the molecule is CCc1ccc(-c2cnc(N)cc2C(=O)OC)cc1. The fourth-order valence-corrected chi connectivity index (χ4v) is 1.90. The first-order valence-electron chi connectivity index (χ1n) is 6.09. The molecule has 1 aromatic heterocycles. The van der Waals surface area contributed by atoms with Gasteiger partial charge in [0.15, 0.2) is 0 Å². The molecule has 0 radical (unpaired) electrons. The molecule has 0 aliphatic heterocycles. The molecule has 0 atom stereocenters. The Morgan fingerprint density at radius 1 is 1.32 bits per heavy atom. The monoisotopic (exact) mass is 256 g/mol. The predicted octanol–water partition coefficient (Wildman–Crippen LogP) is 2.68. The zero-order valence-electron chi connectivity index (χ0n) is 11.0. The number of nitrogen functional groups attached to an aromatic ring is 1. The van der Waals surface area contributed by atoms with Crippen LogP contribution >= 0.6 is 0 Å². The quantitative estimate of drug-likeness (QED) is 0.857. The van der Waals surface area contributed by atoms with Gasteiger partial charge in [-0.05, 0) is 23.6 Å². The van der Waals surface area contributed by atoms with Crippen molar-refractivity contribution in [2.24, 2.45) is 0 Å². The third-order valence-electron chi connectivity index (χ3n) is 3.00. The summed E-state index contributed by atoms with van der Waals surface area (Å²) in [6.45, 7) is 2.10. The van der Waals surface area contributed by atoms with Gasteiger partial charge < -0.3 is 10.5 Å². The molecule has 0 saturated carbocycles. The second-order valence-electron chi connectivity index (χ2n) is 4.20. The summed E-state index contributed by atoms with van der Waals surface area (Å²) in [4.78, 5) is 15.8. The number of methoxy groups -OCH3 is 1. The maximum atomic E-state index is 11.8. The third-order valence-corrected chi connectivity index (χ3v) is 3.00. The van der Waals surface area contributed by atoms with Gasteiger partial charge in [-0.1, -0.05) is 31.2 Å². The lowest BCUT2D eigenvalue weighted by atomic mass is 10.00. The van der Waals surface area contributed by atoms with E-state index in [0.717, 1.165) is 17.5 Å². The van der Waals surface area contributed by atoms with E-state index in [1.165, 1.54) is 18.7 Å². The van der Waals surface area contributed by atoms with E-state index in [1.54, 1.807) is 6.20 Å². The van der Waals surface area contributed by atoms with Crippen LogP contribution < -0.4 is 5.73 Å². The molecule has 0 aliphatic rings. The molecule has 0 bridgehead atoms. The van der Waals surface area contributed by atoms with E-state index in [0.29, 0.717) is 11.4 Å². The number of pyridine rings is 1. The number of aromatic nitrogens is 1. The number of benzene rings is 1. The molecule has 2 aromatic rings. The fourth-order valence-electron chi connectivity index (χ4n) is 1.90. The van der Waals surface area contributed by atoms with Crippen molar-refractivity contribution in [2.75, 3.05) is 12.8 Å². The van der Waals surface area contributed by atoms with Crippen LogP contribution in [0.4, 0.5) is 5.82 Å². The van der Waals surface area contributed by atoms with Gasteiger partial charge in [0.1, 0.15) is 5.82 Å². The second-order valence-corrected chi connectivity index (χ2v) is 4.20. The number of carbonyl (C=O) groups is 1. The van der Waals surface area contributed by atoms with Crippen molar-refractivity contribution in [1.29, 1.82) is 0 Å². The van der Waals surface area contributed by atoms with Gasteiger partial charge in [0, 0.05) is 11.8 Å². The number of hydrogen-bond acceptors (Lipinski definition) is 4. The Morgan fingerprint density at radius 3 is 2.58 bits per heavy atom. The van der Waals surface area contributed by atoms with Gasteiger partial charge in [0.25, 0.3) is 0 Å². The van der Waals surface area contributed by atoms with Gasteiger partial charge in [-0.15, -0.1) is 0 Å². The molecule has 0 aliphatic carbocycles. The summed E-state index contributed by atoms with van der Waals surface area (Å²) in [6, 6.07) is 9.55. The van der Waals surface area contributed by atoms with Crippen LogP contribution in [0, 0.1) is 0 Å². The van der Waals surface area contributed by atoms with Crippen LogP contribution in [0.25, 0.3) is 11.1 Å². The summed E-state index contributed by atoms with van der Waals surface area (Å²) in [5, 5.41) is 0. The number of ether oxygens (including phenoxy) is 1. The molecule has 0 unspecified atom stereocenters. The molecular formula is C15H16N2O2. The number of esters is 1. The van der Waals surface area contributed by atoms with Crippen molar-refractivity contribution in [3.05, 3.63) is 47.7 Å². The molecule has 2 rings (SSSR count). The molecule has 1 heterocycles. The zero-order chi connectivity index (χ0) is 13.8. The Hall–Kier alpha value is -2.36. The Balaban J connectivity index is 2.51. The molecule has 0 spiro atoms. The lowest BCUT2D eigenvalue weighted by Gasteiger charge is -2.09. The van der Waals surface area contributed by atoms with Crippen LogP contribution in [-0.2, 0) is 11.2 Å². The van der Waals surface area contributed by atoms with Crippen molar-refractivity contribution in [1.82, 2.24) is 4.98 Å². The smallest absolute Gasteiger partial charge is 0.338 e. The van der Waals surface area contributed by atoms with Gasteiger partial charge >= 0.3 is 5.97 Å². The van der Waals surface area contributed by atoms with E-state index in [9.17, 15) is 4.79 Å². The van der Waals surface area contributed by atoms with E-state index in [4.69, 9.17) is 10.5 Å². The van der Waals surface area contributed by atoms with Crippen molar-refractivity contribution in [3.8, 4) is 11.1 Å². The summed E-state index contributed by atoms with van der Waals surface area (Å²) in [6.07, 6.45) is 2.58. The minimum absolute atomic E-state index is 0.300. The molecular weight excluding hydrogens is 240 g/mol.